The Morgan fingerprint density at radius 3 is 2.50 bits per heavy atom. The minimum atomic E-state index is 0. The first-order chi connectivity index (χ1) is 8.15. The first-order valence-corrected chi connectivity index (χ1v) is 6.02. The van der Waals surface area contributed by atoms with Crippen LogP contribution in [0.15, 0.2) is 18.3 Å². The predicted molar refractivity (Wildman–Crippen MR) is 74.5 cm³/mol. The van der Waals surface area contributed by atoms with E-state index in [0.717, 1.165) is 31.7 Å². The van der Waals surface area contributed by atoms with E-state index < -0.39 is 0 Å². The van der Waals surface area contributed by atoms with Crippen LogP contribution in [0.2, 0.25) is 0 Å². The van der Waals surface area contributed by atoms with E-state index >= 15 is 0 Å². The number of likely N-dealkylation sites (N-methyl/N-ethyl adjacent to an activating group) is 1. The molecule has 1 aromatic heterocycles. The Morgan fingerprint density at radius 1 is 1.28 bits per heavy atom. The smallest absolute Gasteiger partial charge is 0.195 e. The van der Waals surface area contributed by atoms with Crippen LogP contribution >= 0.6 is 12.4 Å². The van der Waals surface area contributed by atoms with Gasteiger partial charge in [0, 0.05) is 32.4 Å². The summed E-state index contributed by atoms with van der Waals surface area (Å²) in [5.41, 5.74) is 1.66. The first kappa shape index (κ1) is 15.1. The van der Waals surface area contributed by atoms with Gasteiger partial charge in [0.05, 0.1) is 6.54 Å². The third-order valence-electron chi connectivity index (χ3n) is 3.16. The molecule has 2 rings (SSSR count). The van der Waals surface area contributed by atoms with Crippen LogP contribution in [0.1, 0.15) is 16.1 Å². The summed E-state index contributed by atoms with van der Waals surface area (Å²) in [6.07, 6.45) is 1.75. The molecule has 1 aliphatic rings. The van der Waals surface area contributed by atoms with Gasteiger partial charge in [-0.05, 0) is 25.6 Å². The number of aryl methyl sites for hydroxylation is 1. The number of piperazine rings is 1. The lowest BCUT2D eigenvalue weighted by Crippen LogP contribution is -2.46. The van der Waals surface area contributed by atoms with Crippen LogP contribution in [-0.4, -0.2) is 60.3 Å². The second kappa shape index (κ2) is 6.83. The largest absolute Gasteiger partial charge is 0.304 e. The van der Waals surface area contributed by atoms with Gasteiger partial charge in [-0.1, -0.05) is 6.07 Å². The molecule has 0 bridgehead atoms. The Hall–Kier alpha value is -0.970. The number of nitrogens with zero attached hydrogens (tertiary/aromatic N) is 3. The third-order valence-corrected chi connectivity index (χ3v) is 3.16. The highest BCUT2D eigenvalue weighted by molar-refractivity contribution is 5.95. The predicted octanol–water partition coefficient (Wildman–Crippen LogP) is 1.24. The highest BCUT2D eigenvalue weighted by atomic mass is 35.5. The van der Waals surface area contributed by atoms with E-state index in [2.05, 4.69) is 21.8 Å². The molecule has 2 heterocycles. The summed E-state index contributed by atoms with van der Waals surface area (Å²) < 4.78 is 0. The number of hydrogen-bond acceptors (Lipinski definition) is 4. The maximum Gasteiger partial charge on any atom is 0.195 e. The zero-order valence-corrected chi connectivity index (χ0v) is 11.7. The van der Waals surface area contributed by atoms with E-state index in [1.165, 1.54) is 0 Å². The fourth-order valence-electron chi connectivity index (χ4n) is 1.92. The Morgan fingerprint density at radius 2 is 1.94 bits per heavy atom. The molecule has 5 heteroatoms. The lowest BCUT2D eigenvalue weighted by Gasteiger charge is -2.31. The Balaban J connectivity index is 0.00000162. The monoisotopic (exact) mass is 269 g/mol. The normalized spacial score (nSPS) is 17.2. The zero-order valence-electron chi connectivity index (χ0n) is 10.9. The minimum Gasteiger partial charge on any atom is -0.304 e. The summed E-state index contributed by atoms with van der Waals surface area (Å²) in [5, 5.41) is 0. The van der Waals surface area contributed by atoms with Crippen molar-refractivity contribution in [3.05, 3.63) is 29.6 Å². The number of aromatic nitrogens is 1. The topological polar surface area (TPSA) is 36.4 Å². The van der Waals surface area contributed by atoms with Gasteiger partial charge in [-0.15, -0.1) is 12.4 Å². The number of carbonyl (C=O) groups excluding carboxylic acids is 1. The molecule has 0 radical (unpaired) electrons. The summed E-state index contributed by atoms with van der Waals surface area (Å²) in [4.78, 5) is 20.6. The highest BCUT2D eigenvalue weighted by Gasteiger charge is 2.17. The number of ketones is 1. The lowest BCUT2D eigenvalue weighted by atomic mass is 10.2. The molecule has 0 N–H and O–H groups in total. The quantitative estimate of drug-likeness (QED) is 0.774. The van der Waals surface area contributed by atoms with Crippen LogP contribution in [-0.2, 0) is 0 Å². The average molecular weight is 270 g/mol. The van der Waals surface area contributed by atoms with Gasteiger partial charge in [0.1, 0.15) is 5.69 Å². The molecular formula is C13H20ClN3O. The van der Waals surface area contributed by atoms with Crippen LogP contribution in [0.5, 0.6) is 0 Å². The number of carbonyl (C=O) groups is 1. The van der Waals surface area contributed by atoms with Gasteiger partial charge in [-0.25, -0.2) is 0 Å². The second-order valence-electron chi connectivity index (χ2n) is 4.72. The fraction of sp³-hybridized carbons (Fsp3) is 0.538. The number of rotatable bonds is 3. The van der Waals surface area contributed by atoms with E-state index in [4.69, 9.17) is 0 Å². The van der Waals surface area contributed by atoms with Gasteiger partial charge in [-0.2, -0.15) is 0 Å². The molecule has 18 heavy (non-hydrogen) atoms. The van der Waals surface area contributed by atoms with Crippen molar-refractivity contribution in [3.8, 4) is 0 Å². The molecule has 0 aliphatic carbocycles. The Labute approximate surface area is 114 Å². The van der Waals surface area contributed by atoms with Crippen molar-refractivity contribution in [2.24, 2.45) is 0 Å². The van der Waals surface area contributed by atoms with E-state index in [0.29, 0.717) is 12.2 Å². The molecule has 1 aromatic rings. The van der Waals surface area contributed by atoms with Gasteiger partial charge >= 0.3 is 0 Å². The van der Waals surface area contributed by atoms with E-state index in [9.17, 15) is 4.79 Å². The molecular weight excluding hydrogens is 250 g/mol. The minimum absolute atomic E-state index is 0. The summed E-state index contributed by atoms with van der Waals surface area (Å²) in [7, 11) is 2.11. The summed E-state index contributed by atoms with van der Waals surface area (Å²) in [6, 6.07) is 3.75. The van der Waals surface area contributed by atoms with Crippen molar-refractivity contribution in [1.82, 2.24) is 14.8 Å². The molecule has 0 unspecified atom stereocenters. The van der Waals surface area contributed by atoms with Gasteiger partial charge in [0.25, 0.3) is 0 Å². The fourth-order valence-corrected chi connectivity index (χ4v) is 1.92. The van der Waals surface area contributed by atoms with Crippen molar-refractivity contribution in [1.29, 1.82) is 0 Å². The van der Waals surface area contributed by atoms with Crippen molar-refractivity contribution >= 4 is 18.2 Å². The molecule has 0 saturated carbocycles. The van der Waals surface area contributed by atoms with Crippen molar-refractivity contribution in [3.63, 3.8) is 0 Å². The molecule has 0 spiro atoms. The number of pyridine rings is 1. The number of Topliss-reactive ketones (excluding diaryl/α,β-unsaturated/α-hetero) is 1. The molecule has 4 nitrogen and oxygen atoms in total. The third kappa shape index (κ3) is 4.05. The molecule has 0 amide bonds. The SMILES string of the molecule is Cc1ccc(C(=O)CN2CCN(C)CC2)nc1.Cl. The van der Waals surface area contributed by atoms with Crippen LogP contribution in [0.25, 0.3) is 0 Å². The maximum absolute atomic E-state index is 12.0. The molecule has 1 saturated heterocycles. The highest BCUT2D eigenvalue weighted by Crippen LogP contribution is 2.04. The van der Waals surface area contributed by atoms with E-state index in [1.54, 1.807) is 6.20 Å². The van der Waals surface area contributed by atoms with E-state index in [1.807, 2.05) is 19.1 Å². The summed E-state index contributed by atoms with van der Waals surface area (Å²) >= 11 is 0. The summed E-state index contributed by atoms with van der Waals surface area (Å²) in [5.74, 6) is 0.120. The molecule has 0 aromatic carbocycles. The van der Waals surface area contributed by atoms with Gasteiger partial charge in [-0.3, -0.25) is 14.7 Å². The van der Waals surface area contributed by atoms with Gasteiger partial charge < -0.3 is 4.90 Å². The summed E-state index contributed by atoms with van der Waals surface area (Å²) in [6.45, 7) is 6.47. The Bertz CT molecular complexity index is 386. The second-order valence-corrected chi connectivity index (χ2v) is 4.72. The van der Waals surface area contributed by atoms with Crippen LogP contribution in [0, 0.1) is 6.92 Å². The molecule has 0 atom stereocenters. The van der Waals surface area contributed by atoms with E-state index in [-0.39, 0.29) is 18.2 Å². The van der Waals surface area contributed by atoms with Crippen molar-refractivity contribution < 1.29 is 4.79 Å². The first-order valence-electron chi connectivity index (χ1n) is 6.02. The van der Waals surface area contributed by atoms with Crippen LogP contribution in [0.4, 0.5) is 0 Å². The lowest BCUT2D eigenvalue weighted by molar-refractivity contribution is 0.0871. The zero-order chi connectivity index (χ0) is 12.3. The average Bonchev–Trinajstić information content (AvgIpc) is 2.33. The number of hydrogen-bond donors (Lipinski definition) is 0. The number of halogens is 1. The molecule has 1 aliphatic heterocycles. The maximum atomic E-state index is 12.0. The van der Waals surface area contributed by atoms with Gasteiger partial charge in [0.2, 0.25) is 0 Å². The molecule has 1 fully saturated rings. The Kier molecular flexibility index (Phi) is 5.72. The van der Waals surface area contributed by atoms with Crippen molar-refractivity contribution in [2.75, 3.05) is 39.8 Å². The standard InChI is InChI=1S/C13H19N3O.ClH/c1-11-3-4-12(14-9-11)13(17)10-16-7-5-15(2)6-8-16;/h3-4,9H,5-8,10H2,1-2H3;1H. The van der Waals surface area contributed by atoms with Crippen molar-refractivity contribution in [2.45, 2.75) is 6.92 Å². The van der Waals surface area contributed by atoms with Crippen LogP contribution < -0.4 is 0 Å². The molecule has 100 valence electrons. The van der Waals surface area contributed by atoms with Crippen LogP contribution in [0.3, 0.4) is 0 Å². The van der Waals surface area contributed by atoms with Gasteiger partial charge in [0.15, 0.2) is 5.78 Å².